The maximum atomic E-state index is 12.5. The third kappa shape index (κ3) is 5.64. The van der Waals surface area contributed by atoms with Gasteiger partial charge >= 0.3 is 6.61 Å². The second-order valence-corrected chi connectivity index (χ2v) is 8.04. The lowest BCUT2D eigenvalue weighted by atomic mass is 10.1. The van der Waals surface area contributed by atoms with Crippen molar-refractivity contribution >= 4 is 21.9 Å². The first-order valence-corrected chi connectivity index (χ1v) is 10.6. The van der Waals surface area contributed by atoms with Gasteiger partial charge in [0.2, 0.25) is 10.0 Å². The average Bonchev–Trinajstić information content (AvgIpc) is 2.73. The highest BCUT2D eigenvalue weighted by molar-refractivity contribution is 7.89. The summed E-state index contributed by atoms with van der Waals surface area (Å²) in [5.74, 6) is -0.342. The van der Waals surface area contributed by atoms with Gasteiger partial charge in [-0.25, -0.2) is 8.42 Å². The van der Waals surface area contributed by atoms with Crippen molar-refractivity contribution in [3.63, 3.8) is 0 Å². The number of rotatable bonds is 10. The van der Waals surface area contributed by atoms with E-state index in [0.29, 0.717) is 24.2 Å². The first kappa shape index (κ1) is 23.5. The fourth-order valence-electron chi connectivity index (χ4n) is 2.75. The summed E-state index contributed by atoms with van der Waals surface area (Å²) in [6.07, 6.45) is 2.80. The topological polar surface area (TPSA) is 72.9 Å². The maximum absolute atomic E-state index is 12.5. The molecular formula is C21H23F2NO5S. The fraction of sp³-hybridized carbons (Fsp3) is 0.286. The molecule has 2 aromatic rings. The van der Waals surface area contributed by atoms with Gasteiger partial charge in [0.25, 0.3) is 0 Å². The Kier molecular flexibility index (Phi) is 8.08. The molecule has 0 spiro atoms. The Labute approximate surface area is 174 Å². The van der Waals surface area contributed by atoms with Crippen molar-refractivity contribution in [1.82, 2.24) is 4.31 Å². The Morgan fingerprint density at radius 2 is 1.70 bits per heavy atom. The van der Waals surface area contributed by atoms with Crippen LogP contribution in [-0.4, -0.2) is 45.3 Å². The van der Waals surface area contributed by atoms with Crippen molar-refractivity contribution in [2.75, 3.05) is 20.2 Å². The molecule has 0 atom stereocenters. The molecule has 0 N–H and O–H groups in total. The SMILES string of the molecule is CCN(CC)S(=O)(=O)c1ccc(C(=O)/C=C/c2ccc(OC(F)F)c(OC)c2)cc1. The highest BCUT2D eigenvalue weighted by atomic mass is 32.2. The van der Waals surface area contributed by atoms with Crippen LogP contribution in [0.1, 0.15) is 29.8 Å². The first-order valence-electron chi connectivity index (χ1n) is 9.18. The minimum absolute atomic E-state index is 0.107. The lowest BCUT2D eigenvalue weighted by Crippen LogP contribution is -2.30. The van der Waals surface area contributed by atoms with Gasteiger partial charge in [0.1, 0.15) is 0 Å². The number of ketones is 1. The molecule has 0 aliphatic heterocycles. The molecular weight excluding hydrogens is 416 g/mol. The number of carbonyl (C=O) groups excluding carboxylic acids is 1. The summed E-state index contributed by atoms with van der Waals surface area (Å²) in [6, 6.07) is 9.97. The number of alkyl halides is 2. The third-order valence-electron chi connectivity index (χ3n) is 4.31. The Morgan fingerprint density at radius 3 is 2.23 bits per heavy atom. The van der Waals surface area contributed by atoms with Gasteiger partial charge in [-0.05, 0) is 48.0 Å². The number of nitrogens with zero attached hydrogens (tertiary/aromatic N) is 1. The highest BCUT2D eigenvalue weighted by Gasteiger charge is 2.21. The van der Waals surface area contributed by atoms with Crippen molar-refractivity contribution in [2.45, 2.75) is 25.4 Å². The van der Waals surface area contributed by atoms with E-state index in [4.69, 9.17) is 4.74 Å². The van der Waals surface area contributed by atoms with Gasteiger partial charge in [-0.15, -0.1) is 0 Å². The van der Waals surface area contributed by atoms with Gasteiger partial charge in [-0.2, -0.15) is 13.1 Å². The molecule has 0 saturated carbocycles. The van der Waals surface area contributed by atoms with Crippen LogP contribution in [0.3, 0.4) is 0 Å². The smallest absolute Gasteiger partial charge is 0.387 e. The number of sulfonamides is 1. The van der Waals surface area contributed by atoms with E-state index in [2.05, 4.69) is 4.74 Å². The number of ether oxygens (including phenoxy) is 2. The highest BCUT2D eigenvalue weighted by Crippen LogP contribution is 2.30. The number of methoxy groups -OCH3 is 1. The molecule has 0 saturated heterocycles. The molecule has 0 radical (unpaired) electrons. The summed E-state index contributed by atoms with van der Waals surface area (Å²) in [5.41, 5.74) is 0.858. The maximum Gasteiger partial charge on any atom is 0.387 e. The molecule has 9 heteroatoms. The standard InChI is InChI=1S/C21H23F2NO5S/c1-4-24(5-2)30(26,27)17-10-8-16(9-11-17)18(25)12-6-15-7-13-19(29-21(22)23)20(14-15)28-3/h6-14,21H,4-5H2,1-3H3/b12-6+. The Bertz CT molecular complexity index is 1000. The number of carbonyl (C=O) groups is 1. The van der Waals surface area contributed by atoms with Gasteiger partial charge in [-0.1, -0.05) is 26.0 Å². The first-order chi connectivity index (χ1) is 14.2. The monoisotopic (exact) mass is 439 g/mol. The van der Waals surface area contributed by atoms with Gasteiger partial charge in [0.05, 0.1) is 12.0 Å². The van der Waals surface area contributed by atoms with Crippen LogP contribution in [0.4, 0.5) is 8.78 Å². The summed E-state index contributed by atoms with van der Waals surface area (Å²) in [5, 5.41) is 0. The van der Waals surface area contributed by atoms with E-state index in [1.54, 1.807) is 13.8 Å². The van der Waals surface area contributed by atoms with Crippen LogP contribution < -0.4 is 9.47 Å². The summed E-state index contributed by atoms with van der Waals surface area (Å²) < 4.78 is 60.5. The summed E-state index contributed by atoms with van der Waals surface area (Å²) >= 11 is 0. The molecule has 6 nitrogen and oxygen atoms in total. The molecule has 0 aliphatic rings. The molecule has 0 heterocycles. The quantitative estimate of drug-likeness (QED) is 0.409. The van der Waals surface area contributed by atoms with Gasteiger partial charge in [0.15, 0.2) is 17.3 Å². The molecule has 0 fully saturated rings. The zero-order valence-corrected chi connectivity index (χ0v) is 17.7. The van der Waals surface area contributed by atoms with E-state index in [0.717, 1.165) is 0 Å². The van der Waals surface area contributed by atoms with Crippen LogP contribution in [0.5, 0.6) is 11.5 Å². The van der Waals surface area contributed by atoms with Crippen molar-refractivity contribution in [2.24, 2.45) is 0 Å². The molecule has 0 aliphatic carbocycles. The summed E-state index contributed by atoms with van der Waals surface area (Å²) in [4.78, 5) is 12.5. The van der Waals surface area contributed by atoms with Crippen LogP contribution >= 0.6 is 0 Å². The van der Waals surface area contributed by atoms with Gasteiger partial charge in [-0.3, -0.25) is 4.79 Å². The lowest BCUT2D eigenvalue weighted by Gasteiger charge is -2.18. The minimum atomic E-state index is -3.59. The number of hydrogen-bond donors (Lipinski definition) is 0. The van der Waals surface area contributed by atoms with E-state index in [9.17, 15) is 22.0 Å². The molecule has 2 aromatic carbocycles. The Hall–Kier alpha value is -2.78. The third-order valence-corrected chi connectivity index (χ3v) is 6.38. The molecule has 162 valence electrons. The molecule has 0 aromatic heterocycles. The molecule has 0 amide bonds. The Balaban J connectivity index is 2.17. The number of allylic oxidation sites excluding steroid dienone is 1. The van der Waals surface area contributed by atoms with E-state index >= 15 is 0 Å². The van der Waals surface area contributed by atoms with Crippen molar-refractivity contribution in [3.8, 4) is 11.5 Å². The van der Waals surface area contributed by atoms with Crippen molar-refractivity contribution in [3.05, 3.63) is 59.7 Å². The zero-order valence-electron chi connectivity index (χ0n) is 16.8. The largest absolute Gasteiger partial charge is 0.493 e. The van der Waals surface area contributed by atoms with E-state index in [1.807, 2.05) is 0 Å². The van der Waals surface area contributed by atoms with Crippen LogP contribution in [0.2, 0.25) is 0 Å². The van der Waals surface area contributed by atoms with E-state index < -0.39 is 16.6 Å². The van der Waals surface area contributed by atoms with E-state index in [-0.39, 0.29) is 22.2 Å². The number of hydrogen-bond acceptors (Lipinski definition) is 5. The van der Waals surface area contributed by atoms with Crippen LogP contribution in [0, 0.1) is 0 Å². The van der Waals surface area contributed by atoms with Gasteiger partial charge < -0.3 is 9.47 Å². The van der Waals surface area contributed by atoms with Crippen molar-refractivity contribution in [1.29, 1.82) is 0 Å². The molecule has 2 rings (SSSR count). The second-order valence-electron chi connectivity index (χ2n) is 6.10. The summed E-state index contributed by atoms with van der Waals surface area (Å²) in [7, 11) is -2.27. The lowest BCUT2D eigenvalue weighted by molar-refractivity contribution is -0.0512. The fourth-order valence-corrected chi connectivity index (χ4v) is 4.21. The number of benzene rings is 2. The van der Waals surface area contributed by atoms with Crippen molar-refractivity contribution < 1.29 is 31.5 Å². The molecule has 30 heavy (non-hydrogen) atoms. The minimum Gasteiger partial charge on any atom is -0.493 e. The predicted molar refractivity (Wildman–Crippen MR) is 110 cm³/mol. The average molecular weight is 439 g/mol. The molecule has 0 unspecified atom stereocenters. The summed E-state index contributed by atoms with van der Waals surface area (Å²) in [6.45, 7) is 1.24. The predicted octanol–water partition coefficient (Wildman–Crippen LogP) is 4.22. The van der Waals surface area contributed by atoms with Crippen LogP contribution in [-0.2, 0) is 10.0 Å². The number of halogens is 2. The van der Waals surface area contributed by atoms with E-state index in [1.165, 1.54) is 66.0 Å². The zero-order chi connectivity index (χ0) is 22.3. The van der Waals surface area contributed by atoms with Crippen LogP contribution in [0.25, 0.3) is 6.08 Å². The molecule has 0 bridgehead atoms. The second kappa shape index (κ2) is 10.3. The normalized spacial score (nSPS) is 12.0. The Morgan fingerprint density at radius 1 is 1.07 bits per heavy atom. The van der Waals surface area contributed by atoms with Gasteiger partial charge in [0, 0.05) is 18.7 Å². The van der Waals surface area contributed by atoms with Crippen LogP contribution in [0.15, 0.2) is 53.4 Å².